The Morgan fingerprint density at radius 2 is 2.06 bits per heavy atom. The Hall–Kier alpha value is -2.51. The van der Waals surface area contributed by atoms with Crippen LogP contribution in [0.15, 0.2) is 29.1 Å². The molecule has 0 aliphatic heterocycles. The van der Waals surface area contributed by atoms with Gasteiger partial charge in [0.1, 0.15) is 17.2 Å². The predicted octanol–water partition coefficient (Wildman–Crippen LogP) is 4.41. The van der Waals surface area contributed by atoms with Crippen molar-refractivity contribution in [2.45, 2.75) is 59.0 Å². The topological polar surface area (TPSA) is 67.2 Å². The molecular formula is C25H32N4O2S. The molecule has 2 heterocycles. The lowest BCUT2D eigenvalue weighted by Crippen LogP contribution is -2.33. The van der Waals surface area contributed by atoms with Gasteiger partial charge in [-0.2, -0.15) is 0 Å². The van der Waals surface area contributed by atoms with E-state index in [2.05, 4.69) is 26.1 Å². The molecule has 0 saturated carbocycles. The van der Waals surface area contributed by atoms with Crippen LogP contribution in [0.3, 0.4) is 0 Å². The van der Waals surface area contributed by atoms with E-state index in [4.69, 9.17) is 4.98 Å². The second-order valence-electron chi connectivity index (χ2n) is 9.48. The number of nitrogens with zero attached hydrogens (tertiary/aromatic N) is 3. The number of hydrogen-bond acceptors (Lipinski definition) is 5. The first kappa shape index (κ1) is 22.7. The average Bonchev–Trinajstić information content (AvgIpc) is 3.08. The molecule has 1 amide bonds. The number of nitrogens with one attached hydrogen (secondary N) is 1. The van der Waals surface area contributed by atoms with Crippen LogP contribution >= 0.6 is 11.3 Å². The molecule has 6 nitrogen and oxygen atoms in total. The number of carbonyl (C=O) groups is 1. The Balaban J connectivity index is 1.73. The lowest BCUT2D eigenvalue weighted by Gasteiger charge is -2.19. The smallest absolute Gasteiger partial charge is 0.263 e. The summed E-state index contributed by atoms with van der Waals surface area (Å²) in [7, 11) is 3.89. The molecule has 1 aliphatic rings. The second-order valence-corrected chi connectivity index (χ2v) is 10.6. The zero-order valence-corrected chi connectivity index (χ0v) is 20.4. The molecule has 1 aromatic carbocycles. The fourth-order valence-electron chi connectivity index (χ4n) is 4.48. The molecule has 4 rings (SSSR count). The summed E-state index contributed by atoms with van der Waals surface area (Å²) in [6.45, 7) is 6.92. The van der Waals surface area contributed by atoms with Crippen LogP contribution in [-0.2, 0) is 30.7 Å². The van der Waals surface area contributed by atoms with E-state index in [0.717, 1.165) is 46.3 Å². The van der Waals surface area contributed by atoms with Crippen molar-refractivity contribution in [1.29, 1.82) is 0 Å². The number of aromatic nitrogens is 2. The predicted molar refractivity (Wildman–Crippen MR) is 132 cm³/mol. The van der Waals surface area contributed by atoms with Gasteiger partial charge in [0.25, 0.3) is 5.56 Å². The Kier molecular flexibility index (Phi) is 6.49. The van der Waals surface area contributed by atoms with Gasteiger partial charge in [-0.05, 0) is 62.4 Å². The van der Waals surface area contributed by atoms with Crippen molar-refractivity contribution in [3.8, 4) is 0 Å². The Morgan fingerprint density at radius 1 is 1.31 bits per heavy atom. The van der Waals surface area contributed by atoms with E-state index in [0.29, 0.717) is 18.3 Å². The van der Waals surface area contributed by atoms with Gasteiger partial charge in [0.05, 0.1) is 11.9 Å². The summed E-state index contributed by atoms with van der Waals surface area (Å²) in [5, 5.41) is 3.74. The number of hydrogen-bond donors (Lipinski definition) is 1. The number of thiophene rings is 1. The molecule has 0 saturated heterocycles. The van der Waals surface area contributed by atoms with Gasteiger partial charge in [-0.3, -0.25) is 14.2 Å². The number of para-hydroxylation sites is 1. The summed E-state index contributed by atoms with van der Waals surface area (Å²) in [5.41, 5.74) is 2.93. The van der Waals surface area contributed by atoms with E-state index in [9.17, 15) is 9.59 Å². The highest BCUT2D eigenvalue weighted by molar-refractivity contribution is 7.18. The molecule has 32 heavy (non-hydrogen) atoms. The van der Waals surface area contributed by atoms with Crippen LogP contribution in [0, 0.1) is 5.92 Å². The average molecular weight is 453 g/mol. The minimum Gasteiger partial charge on any atom is -0.324 e. The van der Waals surface area contributed by atoms with Crippen molar-refractivity contribution < 1.29 is 4.79 Å². The highest BCUT2D eigenvalue weighted by Gasteiger charge is 2.25. The summed E-state index contributed by atoms with van der Waals surface area (Å²) in [6.07, 6.45) is 3.00. The second kappa shape index (κ2) is 9.16. The van der Waals surface area contributed by atoms with Crippen LogP contribution in [0.5, 0.6) is 0 Å². The minimum atomic E-state index is -0.209. The molecule has 1 N–H and O–H groups in total. The molecule has 7 heteroatoms. The fourth-order valence-corrected chi connectivity index (χ4v) is 5.87. The van der Waals surface area contributed by atoms with Gasteiger partial charge < -0.3 is 10.2 Å². The van der Waals surface area contributed by atoms with Crippen molar-refractivity contribution in [2.75, 3.05) is 19.4 Å². The number of anilines is 1. The highest BCUT2D eigenvalue weighted by Crippen LogP contribution is 2.36. The van der Waals surface area contributed by atoms with E-state index in [-0.39, 0.29) is 23.9 Å². The molecule has 2 aromatic heterocycles. The molecule has 3 aromatic rings. The summed E-state index contributed by atoms with van der Waals surface area (Å²) >= 11 is 1.65. The minimum absolute atomic E-state index is 0.0433. The van der Waals surface area contributed by atoms with Gasteiger partial charge in [-0.1, -0.05) is 39.0 Å². The molecule has 0 spiro atoms. The highest BCUT2D eigenvalue weighted by atomic mass is 32.1. The number of fused-ring (bicyclic) bond motifs is 3. The normalized spacial score (nSPS) is 16.0. The standard InChI is InChI=1S/C25H32N4O2S/c1-15(2)17-8-6-7-9-19(17)26-22(30)14-29-21(13-28(4)5)27-24-23(25(29)31)18-11-10-16(3)12-20(18)32-24/h6-9,15-16H,10-14H2,1-5H3,(H,26,30). The van der Waals surface area contributed by atoms with Gasteiger partial charge in [-0.15, -0.1) is 11.3 Å². The molecular weight excluding hydrogens is 420 g/mol. The lowest BCUT2D eigenvalue weighted by molar-refractivity contribution is -0.116. The van der Waals surface area contributed by atoms with Crippen LogP contribution in [0.25, 0.3) is 10.2 Å². The van der Waals surface area contributed by atoms with Gasteiger partial charge in [-0.25, -0.2) is 4.98 Å². The third-order valence-corrected chi connectivity index (χ3v) is 7.26. The molecule has 0 bridgehead atoms. The van der Waals surface area contributed by atoms with Crippen LogP contribution in [0.4, 0.5) is 5.69 Å². The van der Waals surface area contributed by atoms with Crippen molar-refractivity contribution in [3.05, 3.63) is 56.4 Å². The molecule has 0 fully saturated rings. The van der Waals surface area contributed by atoms with E-state index in [1.165, 1.54) is 4.88 Å². The molecule has 1 aliphatic carbocycles. The Bertz CT molecular complexity index is 1210. The van der Waals surface area contributed by atoms with Gasteiger partial charge in [0.2, 0.25) is 5.91 Å². The summed E-state index contributed by atoms with van der Waals surface area (Å²) in [5.74, 6) is 1.34. The monoisotopic (exact) mass is 452 g/mol. The SMILES string of the molecule is CC1CCc2c(sc3nc(CN(C)C)n(CC(=O)Nc4ccccc4C(C)C)c(=O)c23)C1. The van der Waals surface area contributed by atoms with Gasteiger partial charge >= 0.3 is 0 Å². The number of rotatable bonds is 6. The summed E-state index contributed by atoms with van der Waals surface area (Å²) < 4.78 is 1.57. The largest absolute Gasteiger partial charge is 0.324 e. The van der Waals surface area contributed by atoms with E-state index < -0.39 is 0 Å². The molecule has 0 radical (unpaired) electrons. The maximum atomic E-state index is 13.6. The van der Waals surface area contributed by atoms with Crippen molar-refractivity contribution in [1.82, 2.24) is 14.5 Å². The van der Waals surface area contributed by atoms with Gasteiger partial charge in [0.15, 0.2) is 0 Å². The molecule has 170 valence electrons. The van der Waals surface area contributed by atoms with Crippen molar-refractivity contribution in [2.24, 2.45) is 5.92 Å². The molecule has 1 atom stereocenters. The number of amides is 1. The number of benzene rings is 1. The Morgan fingerprint density at radius 3 is 2.78 bits per heavy atom. The first-order chi connectivity index (χ1) is 15.2. The number of aryl methyl sites for hydroxylation is 1. The van der Waals surface area contributed by atoms with Crippen molar-refractivity contribution in [3.63, 3.8) is 0 Å². The first-order valence-electron chi connectivity index (χ1n) is 11.3. The van der Waals surface area contributed by atoms with Crippen LogP contribution in [0.2, 0.25) is 0 Å². The molecule has 1 unspecified atom stereocenters. The zero-order chi connectivity index (χ0) is 23.0. The van der Waals surface area contributed by atoms with E-state index in [1.54, 1.807) is 15.9 Å². The quantitative estimate of drug-likeness (QED) is 0.602. The van der Waals surface area contributed by atoms with Crippen molar-refractivity contribution >= 4 is 33.1 Å². The fraction of sp³-hybridized carbons (Fsp3) is 0.480. The first-order valence-corrected chi connectivity index (χ1v) is 12.1. The maximum Gasteiger partial charge on any atom is 0.263 e. The lowest BCUT2D eigenvalue weighted by atomic mass is 9.89. The van der Waals surface area contributed by atoms with Crippen LogP contribution in [-0.4, -0.2) is 34.5 Å². The van der Waals surface area contributed by atoms with Crippen LogP contribution in [0.1, 0.15) is 54.9 Å². The van der Waals surface area contributed by atoms with E-state index in [1.807, 2.05) is 43.3 Å². The maximum absolute atomic E-state index is 13.6. The number of carbonyl (C=O) groups excluding carboxylic acids is 1. The summed E-state index contributed by atoms with van der Waals surface area (Å²) in [6, 6.07) is 7.82. The summed E-state index contributed by atoms with van der Waals surface area (Å²) in [4.78, 5) is 35.6. The third kappa shape index (κ3) is 4.50. The Labute approximate surface area is 193 Å². The van der Waals surface area contributed by atoms with E-state index >= 15 is 0 Å². The zero-order valence-electron chi connectivity index (χ0n) is 19.6. The van der Waals surface area contributed by atoms with Gasteiger partial charge in [0, 0.05) is 10.6 Å². The third-order valence-electron chi connectivity index (χ3n) is 6.11. The van der Waals surface area contributed by atoms with Crippen LogP contribution < -0.4 is 10.9 Å².